The summed E-state index contributed by atoms with van der Waals surface area (Å²) in [4.78, 5) is 12.0. The summed E-state index contributed by atoms with van der Waals surface area (Å²) in [5.41, 5.74) is 1.98. The Morgan fingerprint density at radius 1 is 1.07 bits per heavy atom. The maximum absolute atomic E-state index is 12.0. The maximum Gasteiger partial charge on any atom is 0.257 e. The van der Waals surface area contributed by atoms with E-state index < -0.39 is 0 Å². The first-order valence-corrected chi connectivity index (χ1v) is 10.7. The Bertz CT molecular complexity index is 755. The third kappa shape index (κ3) is 6.95. The Kier molecular flexibility index (Phi) is 8.33. The molecule has 2 rings (SSSR count). The fourth-order valence-corrected chi connectivity index (χ4v) is 4.11. The molecular weight excluding hydrogens is 401 g/mol. The Morgan fingerprint density at radius 3 is 2.41 bits per heavy atom. The number of carbonyl (C=O) groups is 1. The number of ether oxygens (including phenoxy) is 1. The van der Waals surface area contributed by atoms with Crippen LogP contribution in [0, 0.1) is 0 Å². The number of hydrogen-bond donors (Lipinski definition) is 1. The van der Waals surface area contributed by atoms with Crippen molar-refractivity contribution in [1.29, 1.82) is 0 Å². The van der Waals surface area contributed by atoms with Crippen LogP contribution >= 0.6 is 35.0 Å². The van der Waals surface area contributed by atoms with E-state index in [0.29, 0.717) is 22.3 Å². The van der Waals surface area contributed by atoms with Crippen LogP contribution in [0.5, 0.6) is 5.75 Å². The molecule has 0 radical (unpaired) electrons. The zero-order valence-corrected chi connectivity index (χ0v) is 18.2. The molecule has 0 atom stereocenters. The minimum absolute atomic E-state index is 0.00804. The molecule has 0 aliphatic carbocycles. The Hall–Kier alpha value is -1.36. The molecule has 0 spiro atoms. The lowest BCUT2D eigenvalue weighted by Crippen LogP contribution is -2.31. The zero-order chi connectivity index (χ0) is 19.9. The van der Waals surface area contributed by atoms with Crippen molar-refractivity contribution in [3.05, 3.63) is 63.6 Å². The van der Waals surface area contributed by atoms with E-state index in [2.05, 4.69) is 26.1 Å². The van der Waals surface area contributed by atoms with Gasteiger partial charge in [-0.1, -0.05) is 68.2 Å². The highest BCUT2D eigenvalue weighted by atomic mass is 35.5. The SMILES string of the molecule is CC(C)(C)c1ccccc1OCC(=O)NCCSCc1c(Cl)cccc1Cl. The molecule has 0 aromatic heterocycles. The largest absolute Gasteiger partial charge is 0.483 e. The standard InChI is InChI=1S/C21H25Cl2NO2S/c1-21(2,3)16-7-4-5-10-19(16)26-13-20(25)24-11-12-27-14-15-17(22)8-6-9-18(15)23/h4-10H,11-14H2,1-3H3,(H,24,25). The molecule has 1 N–H and O–H groups in total. The van der Waals surface area contributed by atoms with Gasteiger partial charge in [0.15, 0.2) is 6.61 Å². The minimum Gasteiger partial charge on any atom is -0.483 e. The van der Waals surface area contributed by atoms with Crippen molar-refractivity contribution in [1.82, 2.24) is 5.32 Å². The minimum atomic E-state index is -0.130. The fraction of sp³-hybridized carbons (Fsp3) is 0.381. The third-order valence-electron chi connectivity index (χ3n) is 3.93. The van der Waals surface area contributed by atoms with E-state index in [4.69, 9.17) is 27.9 Å². The van der Waals surface area contributed by atoms with Crippen LogP contribution in [-0.4, -0.2) is 24.8 Å². The van der Waals surface area contributed by atoms with E-state index in [0.717, 1.165) is 22.6 Å². The summed E-state index contributed by atoms with van der Waals surface area (Å²) >= 11 is 14.0. The van der Waals surface area contributed by atoms with Gasteiger partial charge in [-0.15, -0.1) is 0 Å². The highest BCUT2D eigenvalue weighted by Gasteiger charge is 2.18. The van der Waals surface area contributed by atoms with Crippen LogP contribution in [-0.2, 0) is 16.0 Å². The molecular formula is C21H25Cl2NO2S. The van der Waals surface area contributed by atoms with E-state index in [1.54, 1.807) is 11.8 Å². The predicted molar refractivity (Wildman–Crippen MR) is 116 cm³/mol. The van der Waals surface area contributed by atoms with E-state index in [9.17, 15) is 4.79 Å². The van der Waals surface area contributed by atoms with E-state index in [1.165, 1.54) is 0 Å². The van der Waals surface area contributed by atoms with Gasteiger partial charge in [0.1, 0.15) is 5.75 Å². The maximum atomic E-state index is 12.0. The third-order valence-corrected chi connectivity index (χ3v) is 5.62. The molecule has 0 saturated carbocycles. The van der Waals surface area contributed by atoms with Crippen LogP contribution < -0.4 is 10.1 Å². The van der Waals surface area contributed by atoms with Crippen molar-refractivity contribution in [2.75, 3.05) is 18.9 Å². The summed E-state index contributed by atoms with van der Waals surface area (Å²) in [6.07, 6.45) is 0. The molecule has 2 aromatic carbocycles. The molecule has 0 bridgehead atoms. The van der Waals surface area contributed by atoms with Gasteiger partial charge in [0, 0.05) is 28.1 Å². The summed E-state index contributed by atoms with van der Waals surface area (Å²) in [6.45, 7) is 6.94. The van der Waals surface area contributed by atoms with Gasteiger partial charge < -0.3 is 10.1 Å². The zero-order valence-electron chi connectivity index (χ0n) is 15.9. The number of amides is 1. The van der Waals surface area contributed by atoms with Gasteiger partial charge in [-0.25, -0.2) is 0 Å². The summed E-state index contributed by atoms with van der Waals surface area (Å²) in [5, 5.41) is 4.22. The number of thioether (sulfide) groups is 1. The molecule has 146 valence electrons. The lowest BCUT2D eigenvalue weighted by molar-refractivity contribution is -0.122. The lowest BCUT2D eigenvalue weighted by atomic mass is 9.86. The van der Waals surface area contributed by atoms with E-state index in [-0.39, 0.29) is 17.9 Å². The molecule has 0 fully saturated rings. The number of para-hydroxylation sites is 1. The predicted octanol–water partition coefficient (Wildman–Crippen LogP) is 5.72. The van der Waals surface area contributed by atoms with Crippen molar-refractivity contribution in [3.63, 3.8) is 0 Å². The second-order valence-electron chi connectivity index (χ2n) is 7.14. The fourth-order valence-electron chi connectivity index (χ4n) is 2.51. The van der Waals surface area contributed by atoms with Crippen LogP contribution in [0.25, 0.3) is 0 Å². The van der Waals surface area contributed by atoms with Crippen LogP contribution in [0.4, 0.5) is 0 Å². The number of halogens is 2. The summed E-state index contributed by atoms with van der Waals surface area (Å²) in [5.74, 6) is 2.10. The van der Waals surface area contributed by atoms with Crippen molar-refractivity contribution in [3.8, 4) is 5.75 Å². The monoisotopic (exact) mass is 425 g/mol. The van der Waals surface area contributed by atoms with Gasteiger partial charge in [0.2, 0.25) is 0 Å². The van der Waals surface area contributed by atoms with Gasteiger partial charge in [-0.2, -0.15) is 11.8 Å². The van der Waals surface area contributed by atoms with Crippen molar-refractivity contribution in [2.45, 2.75) is 31.9 Å². The quantitative estimate of drug-likeness (QED) is 0.549. The van der Waals surface area contributed by atoms with Gasteiger partial charge >= 0.3 is 0 Å². The molecule has 0 aliphatic rings. The topological polar surface area (TPSA) is 38.3 Å². The van der Waals surface area contributed by atoms with Crippen LogP contribution in [0.1, 0.15) is 31.9 Å². The lowest BCUT2D eigenvalue weighted by Gasteiger charge is -2.22. The molecule has 0 saturated heterocycles. The normalized spacial score (nSPS) is 11.3. The van der Waals surface area contributed by atoms with Gasteiger partial charge in [0.25, 0.3) is 5.91 Å². The number of nitrogens with one attached hydrogen (secondary N) is 1. The molecule has 0 aliphatic heterocycles. The molecule has 2 aromatic rings. The first-order chi connectivity index (χ1) is 12.8. The molecule has 6 heteroatoms. The molecule has 1 amide bonds. The number of carbonyl (C=O) groups excluding carboxylic acids is 1. The van der Waals surface area contributed by atoms with Crippen molar-refractivity contribution >= 4 is 40.9 Å². The number of rotatable bonds is 8. The van der Waals surface area contributed by atoms with Gasteiger partial charge in [-0.05, 0) is 34.7 Å². The molecule has 0 heterocycles. The van der Waals surface area contributed by atoms with Gasteiger partial charge in [-0.3, -0.25) is 4.79 Å². The van der Waals surface area contributed by atoms with Crippen molar-refractivity contribution in [2.24, 2.45) is 0 Å². The second-order valence-corrected chi connectivity index (χ2v) is 9.06. The summed E-state index contributed by atoms with van der Waals surface area (Å²) in [6, 6.07) is 13.3. The Morgan fingerprint density at radius 2 is 1.74 bits per heavy atom. The van der Waals surface area contributed by atoms with Crippen LogP contribution in [0.2, 0.25) is 10.0 Å². The summed E-state index contributed by atoms with van der Waals surface area (Å²) < 4.78 is 5.73. The van der Waals surface area contributed by atoms with Crippen LogP contribution in [0.3, 0.4) is 0 Å². The number of hydrogen-bond acceptors (Lipinski definition) is 3. The Balaban J connectivity index is 1.72. The van der Waals surface area contributed by atoms with Crippen LogP contribution in [0.15, 0.2) is 42.5 Å². The van der Waals surface area contributed by atoms with E-state index in [1.807, 2.05) is 42.5 Å². The second kappa shape index (κ2) is 10.3. The number of benzene rings is 2. The molecule has 27 heavy (non-hydrogen) atoms. The highest BCUT2D eigenvalue weighted by molar-refractivity contribution is 7.98. The molecule has 0 unspecified atom stereocenters. The highest BCUT2D eigenvalue weighted by Crippen LogP contribution is 2.31. The average molecular weight is 426 g/mol. The van der Waals surface area contributed by atoms with Crippen molar-refractivity contribution < 1.29 is 9.53 Å². The first kappa shape index (κ1) is 21.9. The smallest absolute Gasteiger partial charge is 0.257 e. The first-order valence-electron chi connectivity index (χ1n) is 8.78. The average Bonchev–Trinajstić information content (AvgIpc) is 2.61. The van der Waals surface area contributed by atoms with E-state index >= 15 is 0 Å². The Labute approximate surface area is 175 Å². The summed E-state index contributed by atoms with van der Waals surface area (Å²) in [7, 11) is 0. The molecule has 3 nitrogen and oxygen atoms in total. The van der Waals surface area contributed by atoms with Gasteiger partial charge in [0.05, 0.1) is 0 Å².